The molecule has 1 aliphatic heterocycles. The second kappa shape index (κ2) is 5.74. The minimum Gasteiger partial charge on any atom is -0.360 e. The van der Waals surface area contributed by atoms with Crippen LogP contribution < -0.4 is 0 Å². The molecule has 4 rings (SSSR count). The number of carbonyl (C=O) groups is 1. The Balaban J connectivity index is 1.60. The zero-order valence-electron chi connectivity index (χ0n) is 13.8. The van der Waals surface area contributed by atoms with Crippen LogP contribution in [0.1, 0.15) is 30.6 Å². The molecule has 1 aromatic carbocycles. The van der Waals surface area contributed by atoms with Crippen molar-refractivity contribution in [3.8, 4) is 11.4 Å². The summed E-state index contributed by atoms with van der Waals surface area (Å²) in [6, 6.07) is 5.74. The molecule has 0 aliphatic carbocycles. The van der Waals surface area contributed by atoms with E-state index in [1.807, 2.05) is 29.3 Å². The summed E-state index contributed by atoms with van der Waals surface area (Å²) in [4.78, 5) is 18.0. The molecule has 0 spiro atoms. The van der Waals surface area contributed by atoms with Gasteiger partial charge in [0.2, 0.25) is 5.82 Å². The van der Waals surface area contributed by atoms with Gasteiger partial charge in [0.05, 0.1) is 11.1 Å². The van der Waals surface area contributed by atoms with E-state index in [4.69, 9.17) is 0 Å². The van der Waals surface area contributed by atoms with Crippen molar-refractivity contribution in [1.29, 1.82) is 0 Å². The van der Waals surface area contributed by atoms with E-state index in [1.165, 1.54) is 6.42 Å². The van der Waals surface area contributed by atoms with Crippen LogP contribution in [0.15, 0.2) is 24.4 Å². The number of H-pyrrole nitrogens is 2. The number of nitrogens with zero attached hydrogens (tertiary/aromatic N) is 4. The normalized spacial score (nSPS) is 15.2. The molecule has 3 aromatic rings. The lowest BCUT2D eigenvalue weighted by Gasteiger charge is -2.40. The number of hydrogen-bond donors (Lipinski definition) is 2. The number of carbonyl (C=O) groups excluding carboxylic acids is 1. The van der Waals surface area contributed by atoms with E-state index in [-0.39, 0.29) is 5.91 Å². The first-order chi connectivity index (χ1) is 11.6. The van der Waals surface area contributed by atoms with Gasteiger partial charge in [-0.05, 0) is 29.5 Å². The maximum Gasteiger partial charge on any atom is 0.256 e. The van der Waals surface area contributed by atoms with Gasteiger partial charge in [0.15, 0.2) is 0 Å². The number of likely N-dealkylation sites (tertiary alicyclic amines) is 1. The van der Waals surface area contributed by atoms with E-state index < -0.39 is 0 Å². The quantitative estimate of drug-likeness (QED) is 0.771. The Bertz CT molecular complexity index is 860. The third-order valence-electron chi connectivity index (χ3n) is 4.58. The Morgan fingerprint density at radius 1 is 1.38 bits per heavy atom. The monoisotopic (exact) mass is 324 g/mol. The number of benzene rings is 1. The highest BCUT2D eigenvalue weighted by Gasteiger charge is 2.32. The van der Waals surface area contributed by atoms with Gasteiger partial charge in [0.25, 0.3) is 5.91 Å². The molecule has 1 saturated heterocycles. The number of hydrogen-bond acceptors (Lipinski definition) is 4. The SMILES string of the molecule is CC(C)CC1CN(C(=O)c2cccc3c(-c4nn[nH]n4)c[nH]c23)C1. The predicted molar refractivity (Wildman–Crippen MR) is 90.3 cm³/mol. The molecule has 1 fully saturated rings. The summed E-state index contributed by atoms with van der Waals surface area (Å²) < 4.78 is 0. The number of aromatic amines is 2. The molecule has 1 aliphatic rings. The van der Waals surface area contributed by atoms with Crippen LogP contribution in [-0.2, 0) is 0 Å². The smallest absolute Gasteiger partial charge is 0.256 e. The Morgan fingerprint density at radius 2 is 2.21 bits per heavy atom. The number of nitrogens with one attached hydrogen (secondary N) is 2. The summed E-state index contributed by atoms with van der Waals surface area (Å²) in [6.07, 6.45) is 3.00. The van der Waals surface area contributed by atoms with Gasteiger partial charge >= 0.3 is 0 Å². The van der Waals surface area contributed by atoms with Crippen molar-refractivity contribution in [3.63, 3.8) is 0 Å². The standard InChI is InChI=1S/C17H20N6O/c1-10(2)6-11-8-23(9-11)17(24)13-5-3-4-12-14(7-18-15(12)13)16-19-21-22-20-16/h3-5,7,10-11,18H,6,8-9H2,1-2H3,(H,19,20,21,22). The Hall–Kier alpha value is -2.70. The fourth-order valence-corrected chi connectivity index (χ4v) is 3.52. The summed E-state index contributed by atoms with van der Waals surface area (Å²) >= 11 is 0. The minimum atomic E-state index is 0.0853. The molecule has 124 valence electrons. The molecule has 0 unspecified atom stereocenters. The van der Waals surface area contributed by atoms with Gasteiger partial charge < -0.3 is 9.88 Å². The summed E-state index contributed by atoms with van der Waals surface area (Å²) in [5.41, 5.74) is 2.37. The highest BCUT2D eigenvalue weighted by Crippen LogP contribution is 2.30. The fourth-order valence-electron chi connectivity index (χ4n) is 3.52. The second-order valence-corrected chi connectivity index (χ2v) is 6.87. The van der Waals surface area contributed by atoms with Gasteiger partial charge in [0, 0.05) is 30.2 Å². The summed E-state index contributed by atoms with van der Waals surface area (Å²) in [5, 5.41) is 15.0. The number of amides is 1. The van der Waals surface area contributed by atoms with Gasteiger partial charge in [-0.2, -0.15) is 5.21 Å². The topological polar surface area (TPSA) is 90.6 Å². The van der Waals surface area contributed by atoms with Crippen molar-refractivity contribution >= 4 is 16.8 Å². The molecule has 2 aromatic heterocycles. The van der Waals surface area contributed by atoms with E-state index in [2.05, 4.69) is 39.5 Å². The molecule has 0 bridgehead atoms. The van der Waals surface area contributed by atoms with Gasteiger partial charge in [-0.25, -0.2) is 0 Å². The Labute approximate surface area is 139 Å². The van der Waals surface area contributed by atoms with E-state index in [0.717, 1.165) is 29.6 Å². The highest BCUT2D eigenvalue weighted by atomic mass is 16.2. The number of fused-ring (bicyclic) bond motifs is 1. The lowest BCUT2D eigenvalue weighted by molar-refractivity contribution is 0.0463. The lowest BCUT2D eigenvalue weighted by atomic mass is 9.90. The Morgan fingerprint density at radius 3 is 2.92 bits per heavy atom. The zero-order valence-corrected chi connectivity index (χ0v) is 13.8. The van der Waals surface area contributed by atoms with E-state index in [0.29, 0.717) is 23.2 Å². The predicted octanol–water partition coefficient (Wildman–Crippen LogP) is 2.47. The first-order valence-corrected chi connectivity index (χ1v) is 8.26. The van der Waals surface area contributed by atoms with Crippen molar-refractivity contribution in [3.05, 3.63) is 30.0 Å². The molecular weight excluding hydrogens is 304 g/mol. The van der Waals surface area contributed by atoms with Crippen LogP contribution in [0.5, 0.6) is 0 Å². The fraction of sp³-hybridized carbons (Fsp3) is 0.412. The number of aromatic nitrogens is 5. The van der Waals surface area contributed by atoms with E-state index in [9.17, 15) is 4.79 Å². The zero-order chi connectivity index (χ0) is 16.7. The summed E-state index contributed by atoms with van der Waals surface area (Å²) in [7, 11) is 0. The van der Waals surface area contributed by atoms with E-state index in [1.54, 1.807) is 0 Å². The van der Waals surface area contributed by atoms with Crippen molar-refractivity contribution in [2.75, 3.05) is 13.1 Å². The molecule has 0 saturated carbocycles. The van der Waals surface area contributed by atoms with Gasteiger partial charge in [-0.15, -0.1) is 10.2 Å². The first-order valence-electron chi connectivity index (χ1n) is 8.26. The van der Waals surface area contributed by atoms with Crippen molar-refractivity contribution in [2.45, 2.75) is 20.3 Å². The molecular formula is C17H20N6O. The van der Waals surface area contributed by atoms with Crippen LogP contribution in [-0.4, -0.2) is 49.5 Å². The van der Waals surface area contributed by atoms with Crippen molar-refractivity contribution in [1.82, 2.24) is 30.5 Å². The van der Waals surface area contributed by atoms with Crippen LogP contribution in [0, 0.1) is 11.8 Å². The maximum absolute atomic E-state index is 12.8. The third-order valence-corrected chi connectivity index (χ3v) is 4.58. The molecule has 3 heterocycles. The molecule has 2 N–H and O–H groups in total. The second-order valence-electron chi connectivity index (χ2n) is 6.87. The van der Waals surface area contributed by atoms with E-state index >= 15 is 0 Å². The molecule has 24 heavy (non-hydrogen) atoms. The van der Waals surface area contributed by atoms with Crippen LogP contribution >= 0.6 is 0 Å². The van der Waals surface area contributed by atoms with Gasteiger partial charge in [-0.1, -0.05) is 26.0 Å². The van der Waals surface area contributed by atoms with Crippen LogP contribution in [0.3, 0.4) is 0 Å². The number of rotatable bonds is 4. The third kappa shape index (κ3) is 2.46. The maximum atomic E-state index is 12.8. The van der Waals surface area contributed by atoms with Crippen molar-refractivity contribution in [2.24, 2.45) is 11.8 Å². The molecule has 1 amide bonds. The minimum absolute atomic E-state index is 0.0853. The summed E-state index contributed by atoms with van der Waals surface area (Å²) in [5.74, 6) is 1.91. The van der Waals surface area contributed by atoms with Gasteiger partial charge in [-0.3, -0.25) is 4.79 Å². The first kappa shape index (κ1) is 14.9. The lowest BCUT2D eigenvalue weighted by Crippen LogP contribution is -2.50. The molecule has 0 atom stereocenters. The molecule has 7 heteroatoms. The summed E-state index contributed by atoms with van der Waals surface area (Å²) in [6.45, 7) is 6.16. The average Bonchev–Trinajstić information content (AvgIpc) is 3.17. The largest absolute Gasteiger partial charge is 0.360 e. The molecule has 0 radical (unpaired) electrons. The van der Waals surface area contributed by atoms with Crippen LogP contribution in [0.25, 0.3) is 22.3 Å². The number of tetrazole rings is 1. The van der Waals surface area contributed by atoms with Crippen LogP contribution in [0.4, 0.5) is 0 Å². The van der Waals surface area contributed by atoms with Crippen LogP contribution in [0.2, 0.25) is 0 Å². The van der Waals surface area contributed by atoms with Gasteiger partial charge in [0.1, 0.15) is 0 Å². The molecule has 7 nitrogen and oxygen atoms in total. The van der Waals surface area contributed by atoms with Crippen molar-refractivity contribution < 1.29 is 4.79 Å². The number of para-hydroxylation sites is 1. The Kier molecular flexibility index (Phi) is 3.55. The average molecular weight is 324 g/mol. The highest BCUT2D eigenvalue weighted by molar-refractivity contribution is 6.09.